The third-order valence-corrected chi connectivity index (χ3v) is 5.79. The number of nitrogens with one attached hydrogen (secondary N) is 1. The van der Waals surface area contributed by atoms with Gasteiger partial charge in [0.05, 0.1) is 5.01 Å². The summed E-state index contributed by atoms with van der Waals surface area (Å²) in [6, 6.07) is 0.0490. The van der Waals surface area contributed by atoms with E-state index in [1.807, 2.05) is 35.6 Å². The number of thiazole rings is 1. The van der Waals surface area contributed by atoms with Crippen molar-refractivity contribution < 1.29 is 9.59 Å². The van der Waals surface area contributed by atoms with E-state index < -0.39 is 0 Å². The van der Waals surface area contributed by atoms with Crippen LogP contribution in [0.5, 0.6) is 0 Å². The topological polar surface area (TPSA) is 93.0 Å². The van der Waals surface area contributed by atoms with Gasteiger partial charge in [0.25, 0.3) is 11.8 Å². The van der Waals surface area contributed by atoms with Crippen molar-refractivity contribution in [3.05, 3.63) is 27.7 Å². The fourth-order valence-corrected chi connectivity index (χ4v) is 4.39. The molecule has 0 aliphatic carbocycles. The van der Waals surface area contributed by atoms with Crippen molar-refractivity contribution in [2.45, 2.75) is 39.8 Å². The molecule has 2 atom stereocenters. The molecule has 0 radical (unpaired) electrons. The molecule has 2 aliphatic heterocycles. The molecule has 0 saturated carbocycles. The number of hydrogen-bond donors (Lipinski definition) is 1. The van der Waals surface area contributed by atoms with Crippen LogP contribution in [-0.4, -0.2) is 55.6 Å². The molecule has 0 spiro atoms. The van der Waals surface area contributed by atoms with Crippen LogP contribution in [0.15, 0.2) is 5.38 Å². The maximum Gasteiger partial charge on any atom is 0.289 e. The summed E-state index contributed by atoms with van der Waals surface area (Å²) in [5.41, 5.74) is 0.530. The summed E-state index contributed by atoms with van der Waals surface area (Å²) >= 11 is 1.49. The Balaban J connectivity index is 1.49. The average molecular weight is 374 g/mol. The molecule has 0 unspecified atom stereocenters. The molecule has 4 rings (SSSR count). The second kappa shape index (κ2) is 6.46. The van der Waals surface area contributed by atoms with Gasteiger partial charge in [-0.3, -0.25) is 9.59 Å². The number of carbonyl (C=O) groups excluding carboxylic acids is 2. The van der Waals surface area contributed by atoms with Gasteiger partial charge in [0, 0.05) is 37.5 Å². The molecule has 26 heavy (non-hydrogen) atoms. The number of nitrogens with zero attached hydrogens (tertiary/aromatic N) is 5. The second-order valence-electron chi connectivity index (χ2n) is 7.36. The summed E-state index contributed by atoms with van der Waals surface area (Å²) in [7, 11) is 0. The smallest absolute Gasteiger partial charge is 0.289 e. The van der Waals surface area contributed by atoms with E-state index in [2.05, 4.69) is 20.5 Å². The number of likely N-dealkylation sites (tertiary alicyclic amines) is 1. The van der Waals surface area contributed by atoms with Crippen molar-refractivity contribution in [2.24, 2.45) is 11.8 Å². The fraction of sp³-hybridized carbons (Fsp3) is 0.588. The summed E-state index contributed by atoms with van der Waals surface area (Å²) in [6.07, 6.45) is 0.743. The zero-order valence-electron chi connectivity index (χ0n) is 15.1. The summed E-state index contributed by atoms with van der Waals surface area (Å²) in [5, 5.41) is 13.9. The van der Waals surface area contributed by atoms with Crippen LogP contribution < -0.4 is 5.32 Å². The van der Waals surface area contributed by atoms with Gasteiger partial charge in [-0.05, 0) is 32.6 Å². The van der Waals surface area contributed by atoms with Crippen molar-refractivity contribution in [3.63, 3.8) is 0 Å². The summed E-state index contributed by atoms with van der Waals surface area (Å²) in [6.45, 7) is 7.81. The molecule has 2 aliphatic rings. The normalized spacial score (nSPS) is 21.6. The highest BCUT2D eigenvalue weighted by Crippen LogP contribution is 2.33. The number of carbonyl (C=O) groups is 2. The van der Waals surface area contributed by atoms with Gasteiger partial charge in [-0.1, -0.05) is 0 Å². The Bertz CT molecular complexity index is 857. The largest absolute Gasteiger partial charge is 0.347 e. The van der Waals surface area contributed by atoms with Gasteiger partial charge in [-0.25, -0.2) is 4.98 Å². The Morgan fingerprint density at radius 1 is 1.23 bits per heavy atom. The standard InChI is InChI=1S/C17H22N6O2S/c1-9(2)18-16(24)15-21-20-14-4-11-5-22(6-12(11)7-23(14)15)17(25)13-8-26-10(3)19-13/h8-9,11-12H,4-7H2,1-3H3,(H,18,24)/t11-,12-/m0/s1. The molecule has 138 valence electrons. The van der Waals surface area contributed by atoms with E-state index in [1.165, 1.54) is 11.3 Å². The molecular weight excluding hydrogens is 352 g/mol. The van der Waals surface area contributed by atoms with Crippen LogP contribution in [0.1, 0.15) is 45.8 Å². The molecule has 0 bridgehead atoms. The Labute approximate surface area is 155 Å². The fourth-order valence-electron chi connectivity index (χ4n) is 3.81. The SMILES string of the molecule is Cc1nc(C(=O)N2C[C@@H]3Cc4nnc(C(=O)NC(C)C)n4C[C@@H]3C2)cs1. The number of hydrogen-bond acceptors (Lipinski definition) is 6. The molecule has 1 N–H and O–H groups in total. The number of rotatable bonds is 3. The molecular formula is C17H22N6O2S. The van der Waals surface area contributed by atoms with Crippen LogP contribution in [0.4, 0.5) is 0 Å². The molecule has 8 nitrogen and oxygen atoms in total. The summed E-state index contributed by atoms with van der Waals surface area (Å²) < 4.78 is 1.92. The third-order valence-electron chi connectivity index (χ3n) is 5.01. The van der Waals surface area contributed by atoms with E-state index >= 15 is 0 Å². The Kier molecular flexibility index (Phi) is 4.26. The average Bonchev–Trinajstić information content (AvgIpc) is 3.28. The van der Waals surface area contributed by atoms with Crippen molar-refractivity contribution in [1.82, 2.24) is 30.0 Å². The van der Waals surface area contributed by atoms with Crippen LogP contribution in [0.2, 0.25) is 0 Å². The van der Waals surface area contributed by atoms with Crippen molar-refractivity contribution in [1.29, 1.82) is 0 Å². The molecule has 1 fully saturated rings. The molecule has 2 aromatic rings. The lowest BCUT2D eigenvalue weighted by Crippen LogP contribution is -2.35. The first-order chi connectivity index (χ1) is 12.4. The zero-order chi connectivity index (χ0) is 18.4. The minimum Gasteiger partial charge on any atom is -0.347 e. The predicted octanol–water partition coefficient (Wildman–Crippen LogP) is 1.13. The maximum atomic E-state index is 12.7. The Hall–Kier alpha value is -2.29. The Morgan fingerprint density at radius 2 is 2.00 bits per heavy atom. The number of fused-ring (bicyclic) bond motifs is 2. The molecule has 2 aromatic heterocycles. The maximum absolute atomic E-state index is 12.7. The van der Waals surface area contributed by atoms with Gasteiger partial charge in [0.1, 0.15) is 11.5 Å². The van der Waals surface area contributed by atoms with Crippen LogP contribution in [0, 0.1) is 18.8 Å². The van der Waals surface area contributed by atoms with E-state index in [9.17, 15) is 9.59 Å². The molecule has 4 heterocycles. The number of aromatic nitrogens is 4. The van der Waals surface area contributed by atoms with Gasteiger partial charge >= 0.3 is 0 Å². The lowest BCUT2D eigenvalue weighted by atomic mass is 9.89. The summed E-state index contributed by atoms with van der Waals surface area (Å²) in [5.74, 6) is 1.67. The third kappa shape index (κ3) is 3.00. The number of aryl methyl sites for hydroxylation is 1. The molecule has 2 amide bonds. The van der Waals surface area contributed by atoms with Crippen LogP contribution >= 0.6 is 11.3 Å². The van der Waals surface area contributed by atoms with Gasteiger partial charge in [0.15, 0.2) is 0 Å². The Morgan fingerprint density at radius 3 is 2.69 bits per heavy atom. The highest BCUT2D eigenvalue weighted by Gasteiger charge is 2.41. The van der Waals surface area contributed by atoms with Crippen LogP contribution in [0.25, 0.3) is 0 Å². The molecule has 9 heteroatoms. The summed E-state index contributed by atoms with van der Waals surface area (Å²) in [4.78, 5) is 31.2. The van der Waals surface area contributed by atoms with Gasteiger partial charge < -0.3 is 14.8 Å². The lowest BCUT2D eigenvalue weighted by molar-refractivity contribution is 0.0777. The van der Waals surface area contributed by atoms with E-state index in [1.54, 1.807) is 0 Å². The van der Waals surface area contributed by atoms with E-state index in [4.69, 9.17) is 0 Å². The quantitative estimate of drug-likeness (QED) is 0.869. The predicted molar refractivity (Wildman–Crippen MR) is 96.1 cm³/mol. The first-order valence-corrected chi connectivity index (χ1v) is 9.74. The first kappa shape index (κ1) is 17.1. The van der Waals surface area contributed by atoms with Crippen LogP contribution in [-0.2, 0) is 13.0 Å². The lowest BCUT2D eigenvalue weighted by Gasteiger charge is -2.25. The molecule has 1 saturated heterocycles. The van der Waals surface area contributed by atoms with Gasteiger partial charge in [-0.15, -0.1) is 21.5 Å². The molecule has 0 aromatic carbocycles. The van der Waals surface area contributed by atoms with Crippen molar-refractivity contribution >= 4 is 23.2 Å². The highest BCUT2D eigenvalue weighted by atomic mass is 32.1. The zero-order valence-corrected chi connectivity index (χ0v) is 15.9. The van der Waals surface area contributed by atoms with Crippen LogP contribution in [0.3, 0.4) is 0 Å². The van der Waals surface area contributed by atoms with E-state index in [-0.39, 0.29) is 17.9 Å². The van der Waals surface area contributed by atoms with Gasteiger partial charge in [0.2, 0.25) is 5.82 Å². The highest BCUT2D eigenvalue weighted by molar-refractivity contribution is 7.09. The van der Waals surface area contributed by atoms with Crippen molar-refractivity contribution in [2.75, 3.05) is 13.1 Å². The first-order valence-electron chi connectivity index (χ1n) is 8.86. The van der Waals surface area contributed by atoms with Gasteiger partial charge in [-0.2, -0.15) is 0 Å². The van der Waals surface area contributed by atoms with E-state index in [0.717, 1.165) is 17.3 Å². The number of amides is 2. The monoisotopic (exact) mass is 374 g/mol. The van der Waals surface area contributed by atoms with Crippen molar-refractivity contribution in [3.8, 4) is 0 Å². The second-order valence-corrected chi connectivity index (χ2v) is 8.43. The minimum absolute atomic E-state index is 0.00251. The van der Waals surface area contributed by atoms with E-state index in [0.29, 0.717) is 43.0 Å². The minimum atomic E-state index is -0.193.